The number of ether oxygens (including phenoxy) is 1. The van der Waals surface area contributed by atoms with Gasteiger partial charge in [-0.25, -0.2) is 15.3 Å². The third-order valence-corrected chi connectivity index (χ3v) is 9.85. The van der Waals surface area contributed by atoms with E-state index < -0.39 is 24.2 Å². The molecule has 14 heteroatoms. The highest BCUT2D eigenvalue weighted by atomic mass is 16.5. The molecule has 7 rings (SSSR count). The molecule has 1 saturated carbocycles. The number of imidazole rings is 1. The SMILES string of the molecule is CCNC(=O)[C@H]1C[C@@H](n2cnc3c(NCC(c4ccccc4)c4ccccc4)nc(N4CC[C@@H](N=C(NC#N)Oc5ccccc5)C4)nc32)[C@H](O)[C@@H]1O. The van der Waals surface area contributed by atoms with Crippen molar-refractivity contribution < 1.29 is 19.7 Å². The molecule has 5 aromatic rings. The average Bonchev–Trinajstić information content (AvgIpc) is 3.91. The van der Waals surface area contributed by atoms with Gasteiger partial charge in [-0.1, -0.05) is 78.9 Å². The summed E-state index contributed by atoms with van der Waals surface area (Å²) in [6, 6.07) is 28.9. The summed E-state index contributed by atoms with van der Waals surface area (Å²) in [4.78, 5) is 34.2. The Morgan fingerprint density at radius 3 is 2.34 bits per heavy atom. The van der Waals surface area contributed by atoms with Crippen molar-refractivity contribution in [2.24, 2.45) is 10.9 Å². The topological polar surface area (TPSA) is 186 Å². The number of nitrogens with one attached hydrogen (secondary N) is 3. The number of benzene rings is 3. The molecule has 0 radical (unpaired) electrons. The molecule has 5 atom stereocenters. The fraction of sp³-hybridized carbons (Fsp3) is 0.333. The molecular formula is C39H42N10O4. The Kier molecular flexibility index (Phi) is 10.7. The monoisotopic (exact) mass is 714 g/mol. The van der Waals surface area contributed by atoms with Gasteiger partial charge in [-0.2, -0.15) is 15.2 Å². The number of nitriles is 1. The van der Waals surface area contributed by atoms with E-state index in [-0.39, 0.29) is 30.3 Å². The van der Waals surface area contributed by atoms with Gasteiger partial charge in [-0.15, -0.1) is 0 Å². The van der Waals surface area contributed by atoms with Gasteiger partial charge in [0.15, 0.2) is 23.2 Å². The first kappa shape index (κ1) is 35.4. The molecule has 1 saturated heterocycles. The van der Waals surface area contributed by atoms with Crippen LogP contribution in [-0.4, -0.2) is 86.1 Å². The maximum absolute atomic E-state index is 12.8. The fourth-order valence-corrected chi connectivity index (χ4v) is 7.19. The second-order valence-electron chi connectivity index (χ2n) is 13.2. The zero-order valence-corrected chi connectivity index (χ0v) is 29.3. The van der Waals surface area contributed by atoms with Crippen molar-refractivity contribution in [1.82, 2.24) is 30.2 Å². The van der Waals surface area contributed by atoms with Gasteiger partial charge in [-0.3, -0.25) is 4.79 Å². The number of amides is 1. The number of carbonyl (C=O) groups excluding carboxylic acids is 1. The lowest BCUT2D eigenvalue weighted by molar-refractivity contribution is -0.128. The van der Waals surface area contributed by atoms with Crippen LogP contribution in [0.3, 0.4) is 0 Å². The van der Waals surface area contributed by atoms with E-state index in [4.69, 9.17) is 24.7 Å². The molecule has 53 heavy (non-hydrogen) atoms. The number of anilines is 2. The summed E-state index contributed by atoms with van der Waals surface area (Å²) < 4.78 is 7.60. The molecule has 272 valence electrons. The summed E-state index contributed by atoms with van der Waals surface area (Å²) in [6.07, 6.45) is 1.92. The maximum atomic E-state index is 12.8. The van der Waals surface area contributed by atoms with Gasteiger partial charge in [0.25, 0.3) is 0 Å². The summed E-state index contributed by atoms with van der Waals surface area (Å²) in [5.74, 6) is 0.415. The van der Waals surface area contributed by atoms with E-state index in [1.165, 1.54) is 0 Å². The summed E-state index contributed by atoms with van der Waals surface area (Å²) in [5, 5.41) is 40.4. The van der Waals surface area contributed by atoms with Crippen LogP contribution in [0.4, 0.5) is 11.8 Å². The molecule has 2 aromatic heterocycles. The van der Waals surface area contributed by atoms with E-state index in [0.717, 1.165) is 11.1 Å². The van der Waals surface area contributed by atoms with E-state index in [1.807, 2.05) is 72.6 Å². The number of nitrogens with zero attached hydrogens (tertiary/aromatic N) is 7. The van der Waals surface area contributed by atoms with Crippen molar-refractivity contribution in [1.29, 1.82) is 5.26 Å². The second kappa shape index (κ2) is 16.1. The molecule has 0 bridgehead atoms. The number of aliphatic hydroxyl groups is 2. The highest BCUT2D eigenvalue weighted by molar-refractivity contribution is 5.85. The van der Waals surface area contributed by atoms with E-state index in [2.05, 4.69) is 40.2 Å². The Morgan fingerprint density at radius 2 is 1.68 bits per heavy atom. The van der Waals surface area contributed by atoms with Crippen LogP contribution in [0.1, 0.15) is 42.9 Å². The van der Waals surface area contributed by atoms with Crippen LogP contribution >= 0.6 is 0 Å². The Bertz CT molecular complexity index is 2030. The minimum absolute atomic E-state index is 0.00115. The molecule has 1 aliphatic carbocycles. The summed E-state index contributed by atoms with van der Waals surface area (Å²) in [5.41, 5.74) is 3.25. The number of rotatable bonds is 11. The molecule has 2 aliphatic rings. The number of para-hydroxylation sites is 1. The number of amidine groups is 1. The molecule has 1 amide bonds. The molecule has 14 nitrogen and oxygen atoms in total. The van der Waals surface area contributed by atoms with Gasteiger partial charge < -0.3 is 35.1 Å². The molecule has 3 aromatic carbocycles. The van der Waals surface area contributed by atoms with Gasteiger partial charge in [0.1, 0.15) is 11.9 Å². The fourth-order valence-electron chi connectivity index (χ4n) is 7.19. The van der Waals surface area contributed by atoms with E-state index >= 15 is 0 Å². The van der Waals surface area contributed by atoms with Gasteiger partial charge in [0.2, 0.25) is 11.9 Å². The Morgan fingerprint density at radius 1 is 1.00 bits per heavy atom. The minimum atomic E-state index is -1.24. The minimum Gasteiger partial charge on any atom is -0.425 e. The third-order valence-electron chi connectivity index (χ3n) is 9.85. The molecule has 5 N–H and O–H groups in total. The number of hydrogen-bond acceptors (Lipinski definition) is 11. The van der Waals surface area contributed by atoms with E-state index in [9.17, 15) is 20.3 Å². The lowest BCUT2D eigenvalue weighted by Crippen LogP contribution is -2.38. The Hall–Kier alpha value is -6.04. The van der Waals surface area contributed by atoms with Gasteiger partial charge >= 0.3 is 6.02 Å². The molecule has 0 spiro atoms. The highest BCUT2D eigenvalue weighted by Gasteiger charge is 2.46. The molecular weight excluding hydrogens is 672 g/mol. The average molecular weight is 715 g/mol. The van der Waals surface area contributed by atoms with Gasteiger partial charge in [-0.05, 0) is 43.0 Å². The van der Waals surface area contributed by atoms with Gasteiger partial charge in [0.05, 0.1) is 30.4 Å². The quantitative estimate of drug-likeness (QED) is 0.0583. The van der Waals surface area contributed by atoms with Crippen molar-refractivity contribution in [3.05, 3.63) is 108 Å². The Labute approximate surface area is 307 Å². The van der Waals surface area contributed by atoms with Crippen LogP contribution in [0.5, 0.6) is 5.75 Å². The zero-order valence-electron chi connectivity index (χ0n) is 29.3. The maximum Gasteiger partial charge on any atom is 0.304 e. The van der Waals surface area contributed by atoms with Crippen LogP contribution in [0.15, 0.2) is 102 Å². The van der Waals surface area contributed by atoms with Crippen molar-refractivity contribution in [3.8, 4) is 11.9 Å². The predicted octanol–water partition coefficient (Wildman–Crippen LogP) is 3.57. The van der Waals surface area contributed by atoms with Crippen LogP contribution in [0, 0.1) is 17.4 Å². The summed E-state index contributed by atoms with van der Waals surface area (Å²) >= 11 is 0. The first-order valence-corrected chi connectivity index (χ1v) is 17.9. The normalized spacial score (nSPS) is 21.5. The zero-order chi connectivity index (χ0) is 36.7. The first-order valence-electron chi connectivity index (χ1n) is 17.9. The molecule has 2 fully saturated rings. The van der Waals surface area contributed by atoms with Crippen molar-refractivity contribution >= 4 is 34.9 Å². The number of fused-ring (bicyclic) bond motifs is 1. The number of aliphatic imine (C=N–C) groups is 1. The summed E-state index contributed by atoms with van der Waals surface area (Å²) in [7, 11) is 0. The smallest absolute Gasteiger partial charge is 0.304 e. The van der Waals surface area contributed by atoms with Crippen molar-refractivity contribution in [2.45, 2.75) is 50.0 Å². The second-order valence-corrected chi connectivity index (χ2v) is 13.2. The van der Waals surface area contributed by atoms with Crippen LogP contribution in [0.25, 0.3) is 11.2 Å². The molecule has 0 unspecified atom stereocenters. The Balaban J connectivity index is 1.22. The predicted molar refractivity (Wildman–Crippen MR) is 200 cm³/mol. The highest BCUT2D eigenvalue weighted by Crippen LogP contribution is 2.38. The molecule has 3 heterocycles. The lowest BCUT2D eigenvalue weighted by Gasteiger charge is -2.22. The third kappa shape index (κ3) is 7.76. The molecule has 1 aliphatic heterocycles. The summed E-state index contributed by atoms with van der Waals surface area (Å²) in [6.45, 7) is 3.77. The van der Waals surface area contributed by atoms with E-state index in [1.54, 1.807) is 23.0 Å². The largest absolute Gasteiger partial charge is 0.425 e. The van der Waals surface area contributed by atoms with Crippen molar-refractivity contribution in [2.75, 3.05) is 36.4 Å². The number of aliphatic hydroxyl groups excluding tert-OH is 2. The van der Waals surface area contributed by atoms with Crippen LogP contribution < -0.4 is 25.6 Å². The van der Waals surface area contributed by atoms with Crippen molar-refractivity contribution in [3.63, 3.8) is 0 Å². The van der Waals surface area contributed by atoms with Gasteiger partial charge in [0, 0.05) is 32.1 Å². The van der Waals surface area contributed by atoms with E-state index in [0.29, 0.717) is 61.3 Å². The number of hydrogen-bond donors (Lipinski definition) is 5. The first-order chi connectivity index (χ1) is 25.9. The lowest BCUT2D eigenvalue weighted by atomic mass is 9.91. The van der Waals surface area contributed by atoms with Crippen LogP contribution in [-0.2, 0) is 4.79 Å². The number of carbonyl (C=O) groups is 1. The standard InChI is InChI=1S/C39H42N10O4/c1-2-41-37(52)29-20-31(34(51)33(29)50)49-24-44-32-35(42-21-30(25-12-6-3-7-13-25)26-14-8-4-9-15-26)46-38(47-36(32)49)48-19-18-27(22-48)45-39(43-23-40)53-28-16-10-5-11-17-28/h3-17,24,27,29-31,33-34,50-51H,2,18-22H2,1H3,(H,41,52)(H,43,45)(H,42,46,47)/t27-,29+,31-,33-,34+/m1/s1. The number of aromatic nitrogens is 4. The van der Waals surface area contributed by atoms with Crippen LogP contribution in [0.2, 0.25) is 0 Å².